The zero-order valence-electron chi connectivity index (χ0n) is 10.9. The van der Waals surface area contributed by atoms with E-state index in [0.29, 0.717) is 5.92 Å². The predicted octanol–water partition coefficient (Wildman–Crippen LogP) is 1.57. The number of rotatable bonds is 7. The van der Waals surface area contributed by atoms with Crippen molar-refractivity contribution < 1.29 is 0 Å². The van der Waals surface area contributed by atoms with E-state index in [1.807, 2.05) is 0 Å². The van der Waals surface area contributed by atoms with Gasteiger partial charge in [0.25, 0.3) is 0 Å². The minimum absolute atomic E-state index is 0.153. The number of nitrogens with two attached hydrogens (primary N) is 2. The molecule has 1 aliphatic carbocycles. The molecular weight excluding hydrogens is 212 g/mol. The van der Waals surface area contributed by atoms with E-state index in [2.05, 4.69) is 42.9 Å². The van der Waals surface area contributed by atoms with Gasteiger partial charge < -0.3 is 0 Å². The van der Waals surface area contributed by atoms with Crippen LogP contribution in [0.15, 0.2) is 23.8 Å². The van der Waals surface area contributed by atoms with E-state index in [-0.39, 0.29) is 6.17 Å². The molecule has 0 aromatic rings. The van der Waals surface area contributed by atoms with Crippen LogP contribution in [0.4, 0.5) is 0 Å². The Morgan fingerprint density at radius 2 is 2.12 bits per heavy atom. The first-order chi connectivity index (χ1) is 8.21. The highest BCUT2D eigenvalue weighted by atomic mass is 15.4. The van der Waals surface area contributed by atoms with Crippen molar-refractivity contribution in [1.82, 2.24) is 10.9 Å². The van der Waals surface area contributed by atoms with Crippen LogP contribution in [-0.2, 0) is 0 Å². The summed E-state index contributed by atoms with van der Waals surface area (Å²) in [5.74, 6) is 12.3. The third kappa shape index (κ3) is 4.60. The van der Waals surface area contributed by atoms with Gasteiger partial charge in [0.2, 0.25) is 0 Å². The molecule has 4 nitrogen and oxygen atoms in total. The fraction of sp³-hybridized carbons (Fsp3) is 0.692. The fourth-order valence-corrected chi connectivity index (χ4v) is 2.44. The second kappa shape index (κ2) is 7.61. The van der Waals surface area contributed by atoms with Crippen molar-refractivity contribution >= 4 is 0 Å². The molecule has 0 spiro atoms. The molecule has 1 aliphatic rings. The van der Waals surface area contributed by atoms with Gasteiger partial charge in [-0.05, 0) is 30.3 Å². The topological polar surface area (TPSA) is 76.1 Å². The number of hydrogen-bond donors (Lipinski definition) is 4. The van der Waals surface area contributed by atoms with Gasteiger partial charge in [0.1, 0.15) is 6.17 Å². The van der Waals surface area contributed by atoms with Gasteiger partial charge in [-0.25, -0.2) is 10.9 Å². The van der Waals surface area contributed by atoms with E-state index in [1.165, 1.54) is 19.3 Å². The lowest BCUT2D eigenvalue weighted by atomic mass is 9.86. The van der Waals surface area contributed by atoms with Gasteiger partial charge in [0, 0.05) is 0 Å². The summed E-state index contributed by atoms with van der Waals surface area (Å²) >= 11 is 0. The third-order valence-corrected chi connectivity index (χ3v) is 3.37. The highest BCUT2D eigenvalue weighted by Crippen LogP contribution is 2.25. The van der Waals surface area contributed by atoms with E-state index in [9.17, 15) is 0 Å². The first-order valence-corrected chi connectivity index (χ1v) is 6.51. The molecule has 0 radical (unpaired) electrons. The summed E-state index contributed by atoms with van der Waals surface area (Å²) in [6.07, 6.45) is 11.4. The SMILES string of the molecule is CCCC(C)CC1C=CC(C(NN)NN)=CC1. The van der Waals surface area contributed by atoms with Crippen LogP contribution < -0.4 is 22.5 Å². The number of allylic oxidation sites excluding steroid dienone is 2. The minimum atomic E-state index is -0.153. The molecule has 0 amide bonds. The third-order valence-electron chi connectivity index (χ3n) is 3.37. The van der Waals surface area contributed by atoms with Gasteiger partial charge in [0.15, 0.2) is 0 Å². The lowest BCUT2D eigenvalue weighted by Gasteiger charge is -2.23. The Morgan fingerprint density at radius 3 is 2.59 bits per heavy atom. The van der Waals surface area contributed by atoms with Crippen LogP contribution in [0.1, 0.15) is 39.5 Å². The normalized spacial score (nSPS) is 21.7. The largest absolute Gasteiger partial charge is 0.270 e. The van der Waals surface area contributed by atoms with Crippen molar-refractivity contribution in [2.75, 3.05) is 0 Å². The summed E-state index contributed by atoms with van der Waals surface area (Å²) in [6, 6.07) is 0. The van der Waals surface area contributed by atoms with Crippen molar-refractivity contribution in [3.8, 4) is 0 Å². The van der Waals surface area contributed by atoms with Gasteiger partial charge >= 0.3 is 0 Å². The Bertz CT molecular complexity index is 269. The smallest absolute Gasteiger partial charge is 0.108 e. The molecule has 0 saturated heterocycles. The Labute approximate surface area is 104 Å². The Balaban J connectivity index is 2.42. The van der Waals surface area contributed by atoms with Gasteiger partial charge in [0.05, 0.1) is 0 Å². The van der Waals surface area contributed by atoms with Gasteiger partial charge in [-0.1, -0.05) is 44.9 Å². The van der Waals surface area contributed by atoms with Gasteiger partial charge in [-0.2, -0.15) is 0 Å². The molecule has 0 heterocycles. The van der Waals surface area contributed by atoms with E-state index >= 15 is 0 Å². The highest BCUT2D eigenvalue weighted by Gasteiger charge is 2.15. The maximum atomic E-state index is 5.40. The molecule has 98 valence electrons. The van der Waals surface area contributed by atoms with Crippen LogP contribution in [0, 0.1) is 11.8 Å². The summed E-state index contributed by atoms with van der Waals surface area (Å²) in [5, 5.41) is 0. The second-order valence-corrected chi connectivity index (χ2v) is 4.95. The van der Waals surface area contributed by atoms with Crippen LogP contribution in [0.5, 0.6) is 0 Å². The number of hydrogen-bond acceptors (Lipinski definition) is 4. The number of nitrogens with one attached hydrogen (secondary N) is 2. The molecule has 17 heavy (non-hydrogen) atoms. The van der Waals surface area contributed by atoms with Crippen molar-refractivity contribution in [2.45, 2.75) is 45.7 Å². The average molecular weight is 238 g/mol. The molecule has 6 N–H and O–H groups in total. The van der Waals surface area contributed by atoms with Crippen LogP contribution >= 0.6 is 0 Å². The first-order valence-electron chi connectivity index (χ1n) is 6.51. The molecule has 1 rings (SSSR count). The predicted molar refractivity (Wildman–Crippen MR) is 72.5 cm³/mol. The second-order valence-electron chi connectivity index (χ2n) is 4.95. The summed E-state index contributed by atoms with van der Waals surface area (Å²) in [5.41, 5.74) is 6.40. The molecule has 0 aromatic heterocycles. The zero-order chi connectivity index (χ0) is 12.7. The fourth-order valence-electron chi connectivity index (χ4n) is 2.44. The summed E-state index contributed by atoms with van der Waals surface area (Å²) in [4.78, 5) is 0. The molecular formula is C13H26N4. The summed E-state index contributed by atoms with van der Waals surface area (Å²) < 4.78 is 0. The molecule has 2 atom stereocenters. The van der Waals surface area contributed by atoms with Crippen LogP contribution in [0.2, 0.25) is 0 Å². The van der Waals surface area contributed by atoms with Crippen molar-refractivity contribution in [1.29, 1.82) is 0 Å². The summed E-state index contributed by atoms with van der Waals surface area (Å²) in [7, 11) is 0. The van der Waals surface area contributed by atoms with Gasteiger partial charge in [-0.15, -0.1) is 0 Å². The van der Waals surface area contributed by atoms with Crippen molar-refractivity contribution in [2.24, 2.45) is 23.5 Å². The Morgan fingerprint density at radius 1 is 1.41 bits per heavy atom. The molecule has 0 aromatic carbocycles. The minimum Gasteiger partial charge on any atom is -0.270 e. The zero-order valence-corrected chi connectivity index (χ0v) is 10.9. The van der Waals surface area contributed by atoms with E-state index in [1.54, 1.807) is 0 Å². The summed E-state index contributed by atoms with van der Waals surface area (Å²) in [6.45, 7) is 4.58. The van der Waals surface area contributed by atoms with Crippen LogP contribution in [0.25, 0.3) is 0 Å². The molecule has 4 heteroatoms. The van der Waals surface area contributed by atoms with Crippen LogP contribution in [0.3, 0.4) is 0 Å². The van der Waals surface area contributed by atoms with E-state index in [0.717, 1.165) is 17.9 Å². The quantitative estimate of drug-likeness (QED) is 0.308. The molecule has 0 aliphatic heterocycles. The molecule has 0 saturated carbocycles. The maximum absolute atomic E-state index is 5.40. The van der Waals surface area contributed by atoms with Gasteiger partial charge in [-0.3, -0.25) is 11.7 Å². The lowest BCUT2D eigenvalue weighted by molar-refractivity contribution is 0.414. The average Bonchev–Trinajstić information content (AvgIpc) is 2.33. The van der Waals surface area contributed by atoms with Crippen molar-refractivity contribution in [3.05, 3.63) is 23.8 Å². The van der Waals surface area contributed by atoms with E-state index in [4.69, 9.17) is 11.7 Å². The maximum Gasteiger partial charge on any atom is 0.108 e. The molecule has 0 fully saturated rings. The first kappa shape index (κ1) is 14.4. The molecule has 0 bridgehead atoms. The Kier molecular flexibility index (Phi) is 6.44. The molecule has 2 unspecified atom stereocenters. The van der Waals surface area contributed by atoms with Crippen molar-refractivity contribution in [3.63, 3.8) is 0 Å². The lowest BCUT2D eigenvalue weighted by Crippen LogP contribution is -2.50. The van der Waals surface area contributed by atoms with E-state index < -0.39 is 0 Å². The Hall–Kier alpha value is -0.680. The van der Waals surface area contributed by atoms with Crippen LogP contribution in [-0.4, -0.2) is 6.17 Å². The monoisotopic (exact) mass is 238 g/mol. The number of hydrazine groups is 2. The standard InChI is InChI=1S/C13H26N4/c1-3-4-10(2)9-11-5-7-12(8-6-11)13(16-14)17-15/h5,7-8,10-11,13,16-17H,3-4,6,9,14-15H2,1-2H3. The highest BCUT2D eigenvalue weighted by molar-refractivity contribution is 5.27.